The van der Waals surface area contributed by atoms with E-state index >= 15 is 0 Å². The number of hydrogen-bond donors (Lipinski definition) is 4. The molecule has 1 aliphatic rings. The number of thiocarbonyl (C=S) groups is 1. The van der Waals surface area contributed by atoms with Crippen LogP contribution in [0.3, 0.4) is 0 Å². The van der Waals surface area contributed by atoms with Crippen LogP contribution < -0.4 is 26.0 Å². The van der Waals surface area contributed by atoms with Crippen LogP contribution in [-0.2, 0) is 4.74 Å². The highest BCUT2D eigenvalue weighted by molar-refractivity contribution is 7.80. The number of ether oxygens (including phenoxy) is 1. The van der Waals surface area contributed by atoms with E-state index in [4.69, 9.17) is 17.0 Å². The second-order valence-corrected chi connectivity index (χ2v) is 7.01. The van der Waals surface area contributed by atoms with Gasteiger partial charge in [0.05, 0.1) is 33.9 Å². The Morgan fingerprint density at radius 2 is 2.17 bits per heavy atom. The van der Waals surface area contributed by atoms with Crippen molar-refractivity contribution in [3.05, 3.63) is 11.1 Å². The molecular weight excluding hydrogens is 348 g/mol. The van der Waals surface area contributed by atoms with Crippen LogP contribution in [0.15, 0.2) is 5.38 Å². The molecule has 1 aromatic heterocycles. The van der Waals surface area contributed by atoms with Crippen molar-refractivity contribution in [2.75, 3.05) is 58.4 Å². The number of rotatable bonds is 6. The summed E-state index contributed by atoms with van der Waals surface area (Å²) in [7, 11) is 4.21. The molecule has 0 atom stereocenters. The Bertz CT molecular complexity index is 545. The molecule has 1 aromatic rings. The van der Waals surface area contributed by atoms with Crippen molar-refractivity contribution >= 4 is 39.7 Å². The second kappa shape index (κ2) is 9.72. The highest BCUT2D eigenvalue weighted by Crippen LogP contribution is 2.21. The molecule has 0 aliphatic carbocycles. The minimum Gasteiger partial charge on any atom is -0.378 e. The van der Waals surface area contributed by atoms with Crippen molar-refractivity contribution in [1.29, 1.82) is 0 Å². The van der Waals surface area contributed by atoms with E-state index < -0.39 is 0 Å². The van der Waals surface area contributed by atoms with Gasteiger partial charge in [-0.05, 0) is 12.2 Å². The molecule has 0 saturated carbocycles. The molecule has 1 saturated heterocycles. The first kappa shape index (κ1) is 18.8. The normalized spacial score (nSPS) is 14.5. The summed E-state index contributed by atoms with van der Waals surface area (Å²) in [6.45, 7) is 4.82. The fourth-order valence-corrected chi connectivity index (χ4v) is 3.15. The summed E-state index contributed by atoms with van der Waals surface area (Å²) in [4.78, 5) is 20.0. The zero-order valence-corrected chi connectivity index (χ0v) is 15.7. The summed E-state index contributed by atoms with van der Waals surface area (Å²) in [5, 5.41) is 6.05. The van der Waals surface area contributed by atoms with Gasteiger partial charge in [-0.25, -0.2) is 4.98 Å². The summed E-state index contributed by atoms with van der Waals surface area (Å²) in [5.74, 6) is -0.298. The van der Waals surface area contributed by atoms with E-state index in [0.717, 1.165) is 37.7 Å². The van der Waals surface area contributed by atoms with Gasteiger partial charge in [0.1, 0.15) is 5.69 Å². The van der Waals surface area contributed by atoms with E-state index in [0.29, 0.717) is 24.0 Å². The van der Waals surface area contributed by atoms with Gasteiger partial charge in [-0.3, -0.25) is 15.6 Å². The molecule has 24 heavy (non-hydrogen) atoms. The van der Waals surface area contributed by atoms with Gasteiger partial charge in [-0.2, -0.15) is 0 Å². The number of amides is 1. The van der Waals surface area contributed by atoms with Gasteiger partial charge in [-0.15, -0.1) is 11.3 Å². The maximum atomic E-state index is 12.1. The SMILES string of the molecule is C[NH+](C)CCCNC(=S)NNC(=O)c1csc(N2CCOCC2)n1. The lowest BCUT2D eigenvalue weighted by molar-refractivity contribution is -0.858. The number of hydrazine groups is 1. The third-order valence-corrected chi connectivity index (χ3v) is 4.58. The van der Waals surface area contributed by atoms with Crippen LogP contribution >= 0.6 is 23.6 Å². The van der Waals surface area contributed by atoms with Gasteiger partial charge < -0.3 is 19.9 Å². The van der Waals surface area contributed by atoms with Gasteiger partial charge in [0.15, 0.2) is 10.2 Å². The number of anilines is 1. The zero-order chi connectivity index (χ0) is 17.4. The van der Waals surface area contributed by atoms with Gasteiger partial charge in [-0.1, -0.05) is 0 Å². The Kier molecular flexibility index (Phi) is 7.63. The number of carbonyl (C=O) groups is 1. The van der Waals surface area contributed by atoms with Crippen LogP contribution in [0.5, 0.6) is 0 Å². The molecule has 0 spiro atoms. The fourth-order valence-electron chi connectivity index (χ4n) is 2.13. The zero-order valence-electron chi connectivity index (χ0n) is 14.1. The summed E-state index contributed by atoms with van der Waals surface area (Å²) < 4.78 is 5.32. The summed E-state index contributed by atoms with van der Waals surface area (Å²) in [6.07, 6.45) is 1.01. The first-order valence-corrected chi connectivity index (χ1v) is 9.26. The topological polar surface area (TPSA) is 83.0 Å². The maximum Gasteiger partial charge on any atom is 0.289 e. The Morgan fingerprint density at radius 1 is 1.42 bits per heavy atom. The minimum absolute atomic E-state index is 0.298. The number of thiazole rings is 1. The van der Waals surface area contributed by atoms with E-state index in [-0.39, 0.29) is 5.91 Å². The molecule has 2 rings (SSSR count). The molecule has 1 amide bonds. The smallest absolute Gasteiger partial charge is 0.289 e. The van der Waals surface area contributed by atoms with Crippen LogP contribution in [0.2, 0.25) is 0 Å². The Labute approximate surface area is 151 Å². The fraction of sp³-hybridized carbons (Fsp3) is 0.643. The summed E-state index contributed by atoms with van der Waals surface area (Å²) in [5.41, 5.74) is 5.65. The predicted octanol–water partition coefficient (Wildman–Crippen LogP) is -1.38. The van der Waals surface area contributed by atoms with Crippen molar-refractivity contribution in [3.8, 4) is 0 Å². The Morgan fingerprint density at radius 3 is 2.88 bits per heavy atom. The number of carbonyl (C=O) groups excluding carboxylic acids is 1. The number of aromatic nitrogens is 1. The monoisotopic (exact) mass is 373 g/mol. The van der Waals surface area contributed by atoms with Crippen LogP contribution in [0.1, 0.15) is 16.9 Å². The van der Waals surface area contributed by atoms with Crippen LogP contribution in [-0.4, -0.2) is 69.5 Å². The lowest BCUT2D eigenvalue weighted by Crippen LogP contribution is -3.05. The third kappa shape index (κ3) is 6.19. The lowest BCUT2D eigenvalue weighted by Gasteiger charge is -2.25. The highest BCUT2D eigenvalue weighted by atomic mass is 32.1. The number of quaternary nitrogens is 1. The van der Waals surface area contributed by atoms with Gasteiger partial charge >= 0.3 is 0 Å². The van der Waals surface area contributed by atoms with Crippen LogP contribution in [0, 0.1) is 0 Å². The molecule has 10 heteroatoms. The van der Waals surface area contributed by atoms with E-state index in [1.807, 2.05) is 0 Å². The largest absolute Gasteiger partial charge is 0.378 e. The standard InChI is InChI=1S/C14H24N6O2S2/c1-19(2)5-3-4-15-13(23)18-17-12(21)11-10-24-14(16-11)20-6-8-22-9-7-20/h10H,3-9H2,1-2H3,(H,17,21)(H2,15,18,23)/p+1. The van der Waals surface area contributed by atoms with Crippen molar-refractivity contribution in [2.45, 2.75) is 6.42 Å². The van der Waals surface area contributed by atoms with Crippen molar-refractivity contribution in [2.24, 2.45) is 0 Å². The van der Waals surface area contributed by atoms with E-state index in [9.17, 15) is 4.79 Å². The molecule has 1 fully saturated rings. The molecular formula is C14H25N6O2S2+. The van der Waals surface area contributed by atoms with E-state index in [1.54, 1.807) is 5.38 Å². The quantitative estimate of drug-likeness (QED) is 0.278. The average molecular weight is 374 g/mol. The van der Waals surface area contributed by atoms with Crippen LogP contribution in [0.4, 0.5) is 5.13 Å². The third-order valence-electron chi connectivity index (χ3n) is 3.43. The van der Waals surface area contributed by atoms with Crippen LogP contribution in [0.25, 0.3) is 0 Å². The predicted molar refractivity (Wildman–Crippen MR) is 98.6 cm³/mol. The maximum absolute atomic E-state index is 12.1. The number of nitrogens with zero attached hydrogens (tertiary/aromatic N) is 2. The first-order chi connectivity index (χ1) is 11.6. The average Bonchev–Trinajstić information content (AvgIpc) is 3.07. The molecule has 2 heterocycles. The van der Waals surface area contributed by atoms with Gasteiger partial charge in [0.2, 0.25) is 0 Å². The number of nitrogens with one attached hydrogen (secondary N) is 4. The van der Waals surface area contributed by atoms with Crippen molar-refractivity contribution in [1.82, 2.24) is 21.2 Å². The molecule has 8 nitrogen and oxygen atoms in total. The molecule has 0 aromatic carbocycles. The number of morpholine rings is 1. The lowest BCUT2D eigenvalue weighted by atomic mass is 10.4. The first-order valence-electron chi connectivity index (χ1n) is 7.97. The Balaban J connectivity index is 1.70. The Hall–Kier alpha value is -1.49. The molecule has 1 aliphatic heterocycles. The second-order valence-electron chi connectivity index (χ2n) is 5.76. The molecule has 134 valence electrons. The molecule has 0 radical (unpaired) electrons. The van der Waals surface area contributed by atoms with Gasteiger partial charge in [0.25, 0.3) is 5.91 Å². The van der Waals surface area contributed by atoms with Crippen molar-refractivity contribution < 1.29 is 14.4 Å². The van der Waals surface area contributed by atoms with E-state index in [2.05, 4.69) is 40.1 Å². The summed E-state index contributed by atoms with van der Waals surface area (Å²) in [6, 6.07) is 0. The van der Waals surface area contributed by atoms with Gasteiger partial charge in [0, 0.05) is 31.4 Å². The minimum atomic E-state index is -0.298. The summed E-state index contributed by atoms with van der Waals surface area (Å²) >= 11 is 6.58. The van der Waals surface area contributed by atoms with E-state index in [1.165, 1.54) is 16.2 Å². The van der Waals surface area contributed by atoms with Crippen molar-refractivity contribution in [3.63, 3.8) is 0 Å². The molecule has 0 bridgehead atoms. The number of hydrogen-bond acceptors (Lipinski definition) is 6. The molecule has 0 unspecified atom stereocenters. The molecule has 4 N–H and O–H groups in total. The highest BCUT2D eigenvalue weighted by Gasteiger charge is 2.17.